The van der Waals surface area contributed by atoms with Crippen molar-refractivity contribution in [1.29, 1.82) is 0 Å². The second-order valence-electron chi connectivity index (χ2n) is 4.40. The molecule has 0 radical (unpaired) electrons. The number of pyridine rings is 1. The minimum absolute atomic E-state index is 0.0389. The number of nitrogens with zero attached hydrogens (tertiary/aromatic N) is 3. The zero-order chi connectivity index (χ0) is 14.7. The maximum Gasteiger partial charge on any atom is 0.307 e. The third-order valence-electron chi connectivity index (χ3n) is 2.99. The Morgan fingerprint density at radius 2 is 2.15 bits per heavy atom. The zero-order valence-electron chi connectivity index (χ0n) is 11.8. The van der Waals surface area contributed by atoms with E-state index in [2.05, 4.69) is 10.1 Å². The highest BCUT2D eigenvalue weighted by Crippen LogP contribution is 2.19. The van der Waals surface area contributed by atoms with Gasteiger partial charge in [-0.25, -0.2) is 4.68 Å². The maximum absolute atomic E-state index is 10.9. The molecule has 6 heteroatoms. The van der Waals surface area contributed by atoms with Gasteiger partial charge in [0.1, 0.15) is 0 Å². The van der Waals surface area contributed by atoms with Crippen LogP contribution in [-0.4, -0.2) is 32.4 Å². The van der Waals surface area contributed by atoms with E-state index in [9.17, 15) is 4.79 Å². The maximum atomic E-state index is 10.9. The van der Waals surface area contributed by atoms with Crippen LogP contribution >= 0.6 is 0 Å². The lowest BCUT2D eigenvalue weighted by Crippen LogP contribution is -2.05. The van der Waals surface area contributed by atoms with Gasteiger partial charge in [0.2, 0.25) is 5.88 Å². The molecule has 0 aliphatic rings. The van der Waals surface area contributed by atoms with Gasteiger partial charge in [0.05, 0.1) is 18.7 Å². The quantitative estimate of drug-likeness (QED) is 0.902. The molecule has 0 aliphatic heterocycles. The van der Waals surface area contributed by atoms with E-state index in [4.69, 9.17) is 9.84 Å². The third-order valence-corrected chi connectivity index (χ3v) is 2.99. The van der Waals surface area contributed by atoms with Crippen LogP contribution in [0.2, 0.25) is 0 Å². The number of carboxylic acid groups (broad SMARTS) is 1. The van der Waals surface area contributed by atoms with Crippen molar-refractivity contribution in [2.24, 2.45) is 0 Å². The molecular weight excluding hydrogens is 258 g/mol. The van der Waals surface area contributed by atoms with Crippen molar-refractivity contribution in [3.63, 3.8) is 0 Å². The molecule has 0 aliphatic carbocycles. The van der Waals surface area contributed by atoms with Crippen LogP contribution in [0.15, 0.2) is 18.2 Å². The van der Waals surface area contributed by atoms with Gasteiger partial charge in [-0.2, -0.15) is 10.1 Å². The summed E-state index contributed by atoms with van der Waals surface area (Å²) in [4.78, 5) is 15.2. The summed E-state index contributed by atoms with van der Waals surface area (Å²) >= 11 is 0. The van der Waals surface area contributed by atoms with Gasteiger partial charge >= 0.3 is 5.97 Å². The van der Waals surface area contributed by atoms with Crippen molar-refractivity contribution in [2.45, 2.75) is 27.2 Å². The minimum atomic E-state index is -0.869. The summed E-state index contributed by atoms with van der Waals surface area (Å²) in [5.41, 5.74) is 2.21. The fraction of sp³-hybridized carbons (Fsp3) is 0.357. The summed E-state index contributed by atoms with van der Waals surface area (Å²) in [5.74, 6) is 0.275. The smallest absolute Gasteiger partial charge is 0.307 e. The van der Waals surface area contributed by atoms with E-state index < -0.39 is 5.97 Å². The van der Waals surface area contributed by atoms with Crippen LogP contribution in [-0.2, 0) is 11.2 Å². The Kier molecular flexibility index (Phi) is 4.02. The molecule has 0 spiro atoms. The number of ether oxygens (including phenoxy) is 1. The van der Waals surface area contributed by atoms with Gasteiger partial charge < -0.3 is 9.84 Å². The zero-order valence-corrected chi connectivity index (χ0v) is 11.8. The number of aromatic nitrogens is 3. The summed E-state index contributed by atoms with van der Waals surface area (Å²) in [5, 5.41) is 13.3. The lowest BCUT2D eigenvalue weighted by Gasteiger charge is -2.06. The van der Waals surface area contributed by atoms with Crippen LogP contribution in [0.5, 0.6) is 5.88 Å². The topological polar surface area (TPSA) is 77.2 Å². The molecule has 20 heavy (non-hydrogen) atoms. The number of carbonyl (C=O) groups is 1. The number of aryl methyl sites for hydroxylation is 1. The van der Waals surface area contributed by atoms with Crippen LogP contribution in [0.4, 0.5) is 0 Å². The van der Waals surface area contributed by atoms with E-state index in [1.807, 2.05) is 26.0 Å². The Morgan fingerprint density at radius 3 is 2.80 bits per heavy atom. The fourth-order valence-corrected chi connectivity index (χ4v) is 2.06. The Morgan fingerprint density at radius 1 is 1.40 bits per heavy atom. The summed E-state index contributed by atoms with van der Waals surface area (Å²) in [7, 11) is 0. The van der Waals surface area contributed by atoms with E-state index in [0.29, 0.717) is 24.0 Å². The molecule has 0 fully saturated rings. The molecule has 106 valence electrons. The highest BCUT2D eigenvalue weighted by atomic mass is 16.5. The molecule has 0 aromatic carbocycles. The molecule has 2 rings (SSSR count). The first-order valence-corrected chi connectivity index (χ1v) is 6.40. The predicted molar refractivity (Wildman–Crippen MR) is 73.3 cm³/mol. The summed E-state index contributed by atoms with van der Waals surface area (Å²) < 4.78 is 7.01. The number of rotatable bonds is 5. The van der Waals surface area contributed by atoms with Crippen molar-refractivity contribution < 1.29 is 14.6 Å². The van der Waals surface area contributed by atoms with Gasteiger partial charge in [-0.05, 0) is 26.8 Å². The molecule has 6 nitrogen and oxygen atoms in total. The Bertz CT molecular complexity index is 635. The monoisotopic (exact) mass is 275 g/mol. The molecule has 0 saturated heterocycles. The molecule has 2 aromatic rings. The van der Waals surface area contributed by atoms with Crippen molar-refractivity contribution in [3.8, 4) is 11.7 Å². The first-order valence-electron chi connectivity index (χ1n) is 6.40. The third kappa shape index (κ3) is 2.79. The van der Waals surface area contributed by atoms with E-state index in [1.54, 1.807) is 17.7 Å². The standard InChI is InChI=1S/C14H17N3O3/c1-4-20-13-7-5-6-12(15-13)17-10(3)11(8-14(18)19)9(2)16-17/h5-7H,4,8H2,1-3H3,(H,18,19). The second-order valence-corrected chi connectivity index (χ2v) is 4.40. The van der Waals surface area contributed by atoms with Crippen molar-refractivity contribution in [3.05, 3.63) is 35.2 Å². The van der Waals surface area contributed by atoms with Gasteiger partial charge in [-0.3, -0.25) is 4.79 Å². The average molecular weight is 275 g/mol. The van der Waals surface area contributed by atoms with Gasteiger partial charge in [0, 0.05) is 17.3 Å². The summed E-state index contributed by atoms with van der Waals surface area (Å²) in [6.45, 7) is 6.07. The van der Waals surface area contributed by atoms with Gasteiger partial charge in [0.15, 0.2) is 5.82 Å². The Labute approximate surface area is 117 Å². The van der Waals surface area contributed by atoms with Crippen LogP contribution in [0, 0.1) is 13.8 Å². The van der Waals surface area contributed by atoms with Crippen LogP contribution < -0.4 is 4.74 Å². The predicted octanol–water partition coefficient (Wildman–Crippen LogP) is 1.91. The van der Waals surface area contributed by atoms with Crippen LogP contribution in [0.1, 0.15) is 23.9 Å². The highest BCUT2D eigenvalue weighted by molar-refractivity contribution is 5.71. The molecule has 0 saturated carbocycles. The number of hydrogen-bond donors (Lipinski definition) is 1. The van der Waals surface area contributed by atoms with E-state index >= 15 is 0 Å². The molecule has 0 atom stereocenters. The number of hydrogen-bond acceptors (Lipinski definition) is 4. The van der Waals surface area contributed by atoms with Crippen molar-refractivity contribution in [1.82, 2.24) is 14.8 Å². The lowest BCUT2D eigenvalue weighted by molar-refractivity contribution is -0.136. The van der Waals surface area contributed by atoms with Crippen molar-refractivity contribution in [2.75, 3.05) is 6.61 Å². The summed E-state index contributed by atoms with van der Waals surface area (Å²) in [6, 6.07) is 5.42. The molecule has 0 amide bonds. The molecule has 0 bridgehead atoms. The van der Waals surface area contributed by atoms with Gasteiger partial charge in [-0.1, -0.05) is 6.07 Å². The number of aliphatic carboxylic acids is 1. The largest absolute Gasteiger partial charge is 0.481 e. The molecular formula is C14H17N3O3. The normalized spacial score (nSPS) is 10.6. The van der Waals surface area contributed by atoms with Crippen molar-refractivity contribution >= 4 is 5.97 Å². The molecule has 2 aromatic heterocycles. The van der Waals surface area contributed by atoms with Gasteiger partial charge in [0.25, 0.3) is 0 Å². The van der Waals surface area contributed by atoms with Crippen LogP contribution in [0.3, 0.4) is 0 Å². The number of carboxylic acids is 1. The molecule has 0 unspecified atom stereocenters. The fourth-order valence-electron chi connectivity index (χ4n) is 2.06. The summed E-state index contributed by atoms with van der Waals surface area (Å²) in [6.07, 6.45) is -0.0389. The van der Waals surface area contributed by atoms with Crippen LogP contribution in [0.25, 0.3) is 5.82 Å². The lowest BCUT2D eigenvalue weighted by atomic mass is 10.1. The van der Waals surface area contributed by atoms with E-state index in [0.717, 1.165) is 11.3 Å². The molecule has 1 N–H and O–H groups in total. The average Bonchev–Trinajstić information content (AvgIpc) is 2.67. The Hall–Kier alpha value is -2.37. The van der Waals surface area contributed by atoms with E-state index in [-0.39, 0.29) is 6.42 Å². The van der Waals surface area contributed by atoms with E-state index in [1.165, 1.54) is 0 Å². The molecule has 2 heterocycles. The first kappa shape index (κ1) is 14.0. The first-order chi connectivity index (χ1) is 9.52. The SMILES string of the molecule is CCOc1cccc(-n2nc(C)c(CC(=O)O)c2C)n1. The van der Waals surface area contributed by atoms with Gasteiger partial charge in [-0.15, -0.1) is 0 Å². The minimum Gasteiger partial charge on any atom is -0.481 e. The second kappa shape index (κ2) is 5.73. The Balaban J connectivity index is 2.43. The highest BCUT2D eigenvalue weighted by Gasteiger charge is 2.16.